The van der Waals surface area contributed by atoms with Gasteiger partial charge >= 0.3 is 6.18 Å². The van der Waals surface area contributed by atoms with Crippen molar-refractivity contribution >= 4 is 38.9 Å². The van der Waals surface area contributed by atoms with Crippen molar-refractivity contribution in [3.05, 3.63) is 56.2 Å². The predicted molar refractivity (Wildman–Crippen MR) is 80.9 cm³/mol. The fourth-order valence-electron chi connectivity index (χ4n) is 1.79. The molecular weight excluding hydrogens is 373 g/mol. The fraction of sp³-hybridized carbons (Fsp3) is 0.286. The van der Waals surface area contributed by atoms with Crippen LogP contribution in [0.1, 0.15) is 26.4 Å². The Kier molecular flexibility index (Phi) is 4.82. The Hall–Kier alpha value is -0.520. The molecule has 2 aromatic rings. The molecule has 0 saturated heterocycles. The Morgan fingerprint density at radius 1 is 1.25 bits per heavy atom. The zero-order chi connectivity index (χ0) is 14.9. The van der Waals surface area contributed by atoms with E-state index in [1.54, 1.807) is 11.3 Å². The number of thiophene rings is 1. The van der Waals surface area contributed by atoms with Gasteiger partial charge in [0, 0.05) is 4.88 Å². The quantitative estimate of drug-likeness (QED) is 0.537. The Morgan fingerprint density at radius 2 is 1.85 bits per heavy atom. The molecule has 0 aliphatic carbocycles. The van der Waals surface area contributed by atoms with Crippen LogP contribution in [0, 0.1) is 6.92 Å². The molecule has 0 saturated carbocycles. The maximum atomic E-state index is 12.5. The van der Waals surface area contributed by atoms with Gasteiger partial charge in [0.25, 0.3) is 0 Å². The number of rotatable bonds is 3. The van der Waals surface area contributed by atoms with Gasteiger partial charge in [-0.1, -0.05) is 39.7 Å². The zero-order valence-electron chi connectivity index (χ0n) is 10.5. The molecule has 0 radical (unpaired) electrons. The van der Waals surface area contributed by atoms with Crippen LogP contribution in [0.4, 0.5) is 13.2 Å². The summed E-state index contributed by atoms with van der Waals surface area (Å²) in [5, 5.41) is 2.70. The SMILES string of the molecule is Cc1csc(C(Br)Cc2ccc(C(F)(F)F)cc2)c1Cl. The molecule has 2 rings (SSSR count). The predicted octanol–water partition coefficient (Wildman–Crippen LogP) is 6.41. The van der Waals surface area contributed by atoms with Gasteiger partial charge in [0.05, 0.1) is 15.4 Å². The Morgan fingerprint density at radius 3 is 2.30 bits per heavy atom. The number of halogens is 5. The van der Waals surface area contributed by atoms with Crippen molar-refractivity contribution in [3.63, 3.8) is 0 Å². The lowest BCUT2D eigenvalue weighted by molar-refractivity contribution is -0.137. The first-order valence-corrected chi connectivity index (χ1v) is 8.00. The molecule has 20 heavy (non-hydrogen) atoms. The molecular formula is C14H11BrClF3S. The summed E-state index contributed by atoms with van der Waals surface area (Å²) < 4.78 is 37.4. The van der Waals surface area contributed by atoms with Gasteiger partial charge in [-0.15, -0.1) is 11.3 Å². The Bertz CT molecular complexity index is 589. The number of alkyl halides is 4. The summed E-state index contributed by atoms with van der Waals surface area (Å²) in [6, 6.07) is 5.23. The smallest absolute Gasteiger partial charge is 0.166 e. The third-order valence-corrected chi connectivity index (χ3v) is 5.82. The van der Waals surface area contributed by atoms with Crippen LogP contribution in [0.3, 0.4) is 0 Å². The first-order valence-electron chi connectivity index (χ1n) is 5.82. The molecule has 1 aromatic carbocycles. The molecule has 0 aliphatic rings. The minimum absolute atomic E-state index is 0.00503. The van der Waals surface area contributed by atoms with Crippen molar-refractivity contribution in [2.75, 3.05) is 0 Å². The van der Waals surface area contributed by atoms with Gasteiger partial charge in [-0.2, -0.15) is 13.2 Å². The number of aryl methyl sites for hydroxylation is 1. The molecule has 1 atom stereocenters. The molecule has 1 aromatic heterocycles. The van der Waals surface area contributed by atoms with Crippen LogP contribution >= 0.6 is 38.9 Å². The monoisotopic (exact) mass is 382 g/mol. The lowest BCUT2D eigenvalue weighted by Crippen LogP contribution is -2.04. The first kappa shape index (κ1) is 15.9. The second-order valence-corrected chi connectivity index (χ2v) is 6.86. The summed E-state index contributed by atoms with van der Waals surface area (Å²) in [5.41, 5.74) is 1.22. The lowest BCUT2D eigenvalue weighted by Gasteiger charge is -2.11. The van der Waals surface area contributed by atoms with Crippen LogP contribution in [0.2, 0.25) is 5.02 Å². The molecule has 0 N–H and O–H groups in total. The van der Waals surface area contributed by atoms with E-state index < -0.39 is 11.7 Å². The number of benzene rings is 1. The van der Waals surface area contributed by atoms with Crippen LogP contribution < -0.4 is 0 Å². The van der Waals surface area contributed by atoms with E-state index in [0.29, 0.717) is 6.42 Å². The van der Waals surface area contributed by atoms with Crippen molar-refractivity contribution in [1.29, 1.82) is 0 Å². The fourth-order valence-corrected chi connectivity index (χ4v) is 4.15. The topological polar surface area (TPSA) is 0 Å². The first-order chi connectivity index (χ1) is 9.29. The molecule has 0 aliphatic heterocycles. The van der Waals surface area contributed by atoms with Crippen LogP contribution in [0.25, 0.3) is 0 Å². The molecule has 0 fully saturated rings. The van der Waals surface area contributed by atoms with Crippen LogP contribution in [0.15, 0.2) is 29.6 Å². The standard InChI is InChI=1S/C14H11BrClF3S/c1-8-7-20-13(12(8)16)11(15)6-9-2-4-10(5-3-9)14(17,18)19/h2-5,7,11H,6H2,1H3. The summed E-state index contributed by atoms with van der Waals surface area (Å²) in [5.74, 6) is 0. The van der Waals surface area contributed by atoms with Crippen molar-refractivity contribution in [3.8, 4) is 0 Å². The maximum Gasteiger partial charge on any atom is 0.416 e. The highest BCUT2D eigenvalue weighted by Crippen LogP contribution is 2.39. The van der Waals surface area contributed by atoms with E-state index in [-0.39, 0.29) is 4.83 Å². The molecule has 0 spiro atoms. The molecule has 108 valence electrons. The van der Waals surface area contributed by atoms with Gasteiger partial charge < -0.3 is 0 Å². The van der Waals surface area contributed by atoms with Gasteiger partial charge in [-0.05, 0) is 42.0 Å². The summed E-state index contributed by atoms with van der Waals surface area (Å²) >= 11 is 11.3. The summed E-state index contributed by atoms with van der Waals surface area (Å²) in [6.07, 6.45) is -3.70. The van der Waals surface area contributed by atoms with Gasteiger partial charge in [0.15, 0.2) is 0 Å². The highest BCUT2D eigenvalue weighted by Gasteiger charge is 2.30. The molecule has 0 bridgehead atoms. The Balaban J connectivity index is 2.12. The lowest BCUT2D eigenvalue weighted by atomic mass is 10.1. The molecule has 1 heterocycles. The maximum absolute atomic E-state index is 12.5. The van der Waals surface area contributed by atoms with Crippen molar-refractivity contribution < 1.29 is 13.2 Å². The molecule has 1 unspecified atom stereocenters. The van der Waals surface area contributed by atoms with Crippen LogP contribution in [0.5, 0.6) is 0 Å². The zero-order valence-corrected chi connectivity index (χ0v) is 13.6. The van der Waals surface area contributed by atoms with Crippen LogP contribution in [-0.2, 0) is 12.6 Å². The van der Waals surface area contributed by atoms with Gasteiger partial charge in [0.2, 0.25) is 0 Å². The van der Waals surface area contributed by atoms with Crippen molar-refractivity contribution in [2.24, 2.45) is 0 Å². The van der Waals surface area contributed by atoms with E-state index in [1.165, 1.54) is 12.1 Å². The number of hydrogen-bond acceptors (Lipinski definition) is 1. The summed E-state index contributed by atoms with van der Waals surface area (Å²) in [6.45, 7) is 1.93. The Labute approximate surface area is 132 Å². The minimum Gasteiger partial charge on any atom is -0.166 e. The third-order valence-electron chi connectivity index (χ3n) is 2.91. The average molecular weight is 384 g/mol. The van der Waals surface area contributed by atoms with Gasteiger partial charge in [-0.25, -0.2) is 0 Å². The van der Waals surface area contributed by atoms with E-state index >= 15 is 0 Å². The normalized spacial score (nSPS) is 13.5. The van der Waals surface area contributed by atoms with Gasteiger partial charge in [-0.3, -0.25) is 0 Å². The summed E-state index contributed by atoms with van der Waals surface area (Å²) in [4.78, 5) is 1.01. The molecule has 0 amide bonds. The second-order valence-electron chi connectivity index (χ2n) is 4.46. The minimum atomic E-state index is -4.29. The number of hydrogen-bond donors (Lipinski definition) is 0. The van der Waals surface area contributed by atoms with Crippen molar-refractivity contribution in [2.45, 2.75) is 24.3 Å². The van der Waals surface area contributed by atoms with Crippen molar-refractivity contribution in [1.82, 2.24) is 0 Å². The van der Waals surface area contributed by atoms with E-state index in [1.807, 2.05) is 12.3 Å². The van der Waals surface area contributed by atoms with E-state index in [4.69, 9.17) is 11.6 Å². The molecule has 0 nitrogen and oxygen atoms in total. The highest BCUT2D eigenvalue weighted by atomic mass is 79.9. The largest absolute Gasteiger partial charge is 0.416 e. The highest BCUT2D eigenvalue weighted by molar-refractivity contribution is 9.09. The summed E-state index contributed by atoms with van der Waals surface area (Å²) in [7, 11) is 0. The van der Waals surface area contributed by atoms with Crippen LogP contribution in [-0.4, -0.2) is 0 Å². The average Bonchev–Trinajstić information content (AvgIpc) is 2.69. The molecule has 6 heteroatoms. The third kappa shape index (κ3) is 3.57. The van der Waals surface area contributed by atoms with E-state index in [2.05, 4.69) is 15.9 Å². The van der Waals surface area contributed by atoms with Gasteiger partial charge in [0.1, 0.15) is 0 Å². The van der Waals surface area contributed by atoms with E-state index in [9.17, 15) is 13.2 Å². The van der Waals surface area contributed by atoms with E-state index in [0.717, 1.165) is 33.2 Å². The second kappa shape index (κ2) is 6.08.